The van der Waals surface area contributed by atoms with Gasteiger partial charge in [0.2, 0.25) is 17.7 Å². The van der Waals surface area contributed by atoms with E-state index < -0.39 is 48.8 Å². The number of alkyl carbamates (subject to hydrolysis) is 1. The van der Waals surface area contributed by atoms with Crippen molar-refractivity contribution in [3.8, 4) is 0 Å². The van der Waals surface area contributed by atoms with Crippen LogP contribution in [0.5, 0.6) is 0 Å². The molecule has 12 heteroatoms. The van der Waals surface area contributed by atoms with E-state index in [1.165, 1.54) is 7.11 Å². The number of hydrogen-bond donors (Lipinski definition) is 4. The first-order valence-electron chi connectivity index (χ1n) is 17.0. The minimum absolute atomic E-state index is 0.0123. The smallest absolute Gasteiger partial charge is 0.453 e. The Balaban J connectivity index is 1.29. The largest absolute Gasteiger partial charge is 0.478 e. The molecule has 4 fully saturated rings. The van der Waals surface area contributed by atoms with Gasteiger partial charge in [-0.1, -0.05) is 88.4 Å². The van der Waals surface area contributed by atoms with Crippen molar-refractivity contribution in [2.24, 2.45) is 23.2 Å². The lowest BCUT2D eigenvalue weighted by atomic mass is 9.43. The monoisotopic (exact) mass is 660 g/mol. The van der Waals surface area contributed by atoms with Crippen LogP contribution in [0.15, 0.2) is 60.7 Å². The van der Waals surface area contributed by atoms with Crippen molar-refractivity contribution < 1.29 is 33.2 Å². The van der Waals surface area contributed by atoms with Crippen LogP contribution in [0, 0.1) is 23.2 Å². The number of nitrogens with one attached hydrogen (secondary N) is 4. The number of ether oxygens (including phenoxy) is 1. The maximum atomic E-state index is 14.0. The fourth-order valence-electron chi connectivity index (χ4n) is 7.72. The Morgan fingerprint density at radius 1 is 0.833 bits per heavy atom. The Bertz CT molecular complexity index is 1460. The molecule has 7 atom stereocenters. The molecule has 48 heavy (non-hydrogen) atoms. The van der Waals surface area contributed by atoms with Crippen LogP contribution in [0.1, 0.15) is 58.6 Å². The van der Waals surface area contributed by atoms with Gasteiger partial charge in [0.25, 0.3) is 0 Å². The molecule has 4 amide bonds. The molecule has 3 saturated carbocycles. The first kappa shape index (κ1) is 35.4. The van der Waals surface area contributed by atoms with Crippen LogP contribution in [0.3, 0.4) is 0 Å². The van der Waals surface area contributed by atoms with Crippen molar-refractivity contribution >= 4 is 30.9 Å². The molecule has 11 nitrogen and oxygen atoms in total. The van der Waals surface area contributed by atoms with Crippen molar-refractivity contribution in [1.82, 2.24) is 21.3 Å². The van der Waals surface area contributed by atoms with Gasteiger partial charge in [-0.05, 0) is 54.1 Å². The third-order valence-electron chi connectivity index (χ3n) is 10.7. The van der Waals surface area contributed by atoms with E-state index in [4.69, 9.17) is 14.0 Å². The quantitative estimate of drug-likeness (QED) is 0.242. The van der Waals surface area contributed by atoms with Crippen molar-refractivity contribution in [1.29, 1.82) is 0 Å². The molecule has 1 unspecified atom stereocenters. The summed E-state index contributed by atoms with van der Waals surface area (Å²) >= 11 is 0. The lowest BCUT2D eigenvalue weighted by molar-refractivity contribution is -0.199. The Morgan fingerprint density at radius 3 is 1.94 bits per heavy atom. The molecule has 2 aromatic carbocycles. The fraction of sp³-hybridized carbons (Fsp3) is 0.556. The molecular formula is C36H49BN4O7. The highest BCUT2D eigenvalue weighted by atomic mass is 16.7. The van der Waals surface area contributed by atoms with E-state index in [9.17, 15) is 19.2 Å². The van der Waals surface area contributed by atoms with E-state index in [-0.39, 0.29) is 42.6 Å². The zero-order valence-electron chi connectivity index (χ0n) is 28.8. The van der Waals surface area contributed by atoms with Crippen LogP contribution in [0.25, 0.3) is 0 Å². The summed E-state index contributed by atoms with van der Waals surface area (Å²) in [5.74, 6) is -0.737. The number of hydrogen-bond acceptors (Lipinski definition) is 7. The van der Waals surface area contributed by atoms with Crippen LogP contribution in [0.2, 0.25) is 0 Å². The summed E-state index contributed by atoms with van der Waals surface area (Å²) < 4.78 is 17.5. The summed E-state index contributed by atoms with van der Waals surface area (Å²) in [6, 6.07) is 15.8. The summed E-state index contributed by atoms with van der Waals surface area (Å²) in [4.78, 5) is 53.2. The van der Waals surface area contributed by atoms with Gasteiger partial charge in [-0.2, -0.15) is 0 Å². The lowest BCUT2D eigenvalue weighted by Crippen LogP contribution is -2.65. The molecule has 1 aliphatic heterocycles. The van der Waals surface area contributed by atoms with Gasteiger partial charge in [0.05, 0.1) is 25.3 Å². The topological polar surface area (TPSA) is 144 Å². The maximum Gasteiger partial charge on any atom is 0.478 e. The molecule has 0 spiro atoms. The average Bonchev–Trinajstić information content (AvgIpc) is 3.42. The normalized spacial score (nSPS) is 25.5. The number of amides is 4. The molecular weight excluding hydrogens is 611 g/mol. The zero-order valence-corrected chi connectivity index (χ0v) is 28.8. The number of carbonyl (C=O) groups excluding carboxylic acids is 4. The predicted octanol–water partition coefficient (Wildman–Crippen LogP) is 3.21. The molecule has 0 aromatic heterocycles. The van der Waals surface area contributed by atoms with Gasteiger partial charge < -0.3 is 35.3 Å². The van der Waals surface area contributed by atoms with Crippen molar-refractivity contribution in [2.75, 3.05) is 13.6 Å². The Morgan fingerprint density at radius 2 is 1.40 bits per heavy atom. The maximum absolute atomic E-state index is 14.0. The molecule has 0 radical (unpaired) electrons. The van der Waals surface area contributed by atoms with Gasteiger partial charge >= 0.3 is 13.2 Å². The van der Waals surface area contributed by atoms with Gasteiger partial charge in [-0.3, -0.25) is 14.4 Å². The van der Waals surface area contributed by atoms with Crippen LogP contribution in [-0.2, 0) is 41.3 Å². The van der Waals surface area contributed by atoms with Crippen LogP contribution in [-0.4, -0.2) is 74.3 Å². The summed E-state index contributed by atoms with van der Waals surface area (Å²) in [6.45, 7) is 10.3. The van der Waals surface area contributed by atoms with E-state index in [2.05, 4.69) is 42.0 Å². The molecule has 6 rings (SSSR count). The fourth-order valence-corrected chi connectivity index (χ4v) is 7.72. The van der Waals surface area contributed by atoms with E-state index in [1.54, 1.807) is 13.8 Å². The highest BCUT2D eigenvalue weighted by molar-refractivity contribution is 6.46. The molecule has 1 saturated heterocycles. The Labute approximate surface area is 283 Å². The second-order valence-electron chi connectivity index (χ2n) is 14.5. The van der Waals surface area contributed by atoms with Gasteiger partial charge in [0.15, 0.2) is 0 Å². The van der Waals surface area contributed by atoms with Crippen LogP contribution >= 0.6 is 0 Å². The highest BCUT2D eigenvalue weighted by Crippen LogP contribution is 2.65. The zero-order chi connectivity index (χ0) is 34.6. The summed E-state index contributed by atoms with van der Waals surface area (Å²) in [5.41, 5.74) is 1.48. The SMILES string of the molecule is COC(=O)N[C@H](C(=O)N[C@@H](Cc1ccccc1)C(=O)N[C@@H](Cc1ccccc1)C(=O)NCB1O[C@@H]2CC3C[C@@H](C3(C)C)[C@]2(C)O1)C(C)C. The molecule has 2 bridgehead atoms. The standard InChI is InChI=1S/C36H49BN4O7/c1-22(2)30(41-34(45)46-6)33(44)40-27(18-24-15-11-8-12-16-24)32(43)39-26(17-23-13-9-7-10-14-23)31(42)38-21-37-47-29-20-25-19-28(35(25,3)4)36(29,5)48-37/h7-16,22,25-30H,17-21H2,1-6H3,(H,38,42)(H,39,43)(H,40,44)(H,41,45)/t25?,26-,27-,28-,29+,30-,36-/m0/s1. The lowest BCUT2D eigenvalue weighted by Gasteiger charge is -2.64. The van der Waals surface area contributed by atoms with Crippen molar-refractivity contribution in [3.05, 3.63) is 71.8 Å². The summed E-state index contributed by atoms with van der Waals surface area (Å²) in [6.07, 6.45) is 1.85. The number of rotatable bonds is 13. The first-order valence-corrected chi connectivity index (χ1v) is 17.0. The van der Waals surface area contributed by atoms with E-state index in [1.807, 2.05) is 60.7 Å². The van der Waals surface area contributed by atoms with E-state index in [0.29, 0.717) is 11.8 Å². The highest BCUT2D eigenvalue weighted by Gasteiger charge is 2.67. The van der Waals surface area contributed by atoms with Crippen molar-refractivity contribution in [2.45, 2.75) is 90.1 Å². The molecule has 258 valence electrons. The van der Waals surface area contributed by atoms with Gasteiger partial charge in [0, 0.05) is 12.8 Å². The molecule has 3 aliphatic carbocycles. The van der Waals surface area contributed by atoms with Crippen molar-refractivity contribution in [3.63, 3.8) is 0 Å². The molecule has 4 N–H and O–H groups in total. The van der Waals surface area contributed by atoms with Crippen LogP contribution < -0.4 is 21.3 Å². The predicted molar refractivity (Wildman–Crippen MR) is 181 cm³/mol. The molecule has 1 heterocycles. The summed E-state index contributed by atoms with van der Waals surface area (Å²) in [5, 5.41) is 11.2. The minimum atomic E-state index is -1.04. The van der Waals surface area contributed by atoms with Crippen LogP contribution in [0.4, 0.5) is 4.79 Å². The molecule has 2 aromatic rings. The summed E-state index contributed by atoms with van der Waals surface area (Å²) in [7, 11) is 0.628. The second kappa shape index (κ2) is 14.7. The second-order valence-corrected chi connectivity index (χ2v) is 14.5. The third-order valence-corrected chi connectivity index (χ3v) is 10.7. The van der Waals surface area contributed by atoms with Gasteiger partial charge in [-0.25, -0.2) is 4.79 Å². The number of methoxy groups -OCH3 is 1. The van der Waals surface area contributed by atoms with E-state index >= 15 is 0 Å². The van der Waals surface area contributed by atoms with Gasteiger partial charge in [-0.15, -0.1) is 0 Å². The number of benzene rings is 2. The average molecular weight is 661 g/mol. The van der Waals surface area contributed by atoms with Gasteiger partial charge in [0.1, 0.15) is 18.1 Å². The number of carbonyl (C=O) groups is 4. The minimum Gasteiger partial charge on any atom is -0.453 e. The van der Waals surface area contributed by atoms with E-state index in [0.717, 1.165) is 24.0 Å². The third kappa shape index (κ3) is 7.70. The first-order chi connectivity index (χ1) is 22.8. The Hall–Kier alpha value is -3.90. The molecule has 4 aliphatic rings. The Kier molecular flexibility index (Phi) is 10.8.